The lowest BCUT2D eigenvalue weighted by Gasteiger charge is -2.34. The van der Waals surface area contributed by atoms with Gasteiger partial charge in [0.05, 0.1) is 26.2 Å². The number of benzene rings is 2. The van der Waals surface area contributed by atoms with Crippen LogP contribution >= 0.6 is 11.6 Å². The molecule has 2 N–H and O–H groups in total. The van der Waals surface area contributed by atoms with Crippen molar-refractivity contribution in [2.24, 2.45) is 5.92 Å². The molecular formula is C20H19ClN2O4. The van der Waals surface area contributed by atoms with E-state index in [0.717, 1.165) is 0 Å². The number of carbonyl (C=O) groups excluding carboxylic acids is 2. The molecule has 1 heterocycles. The normalized spacial score (nSPS) is 19.1. The lowest BCUT2D eigenvalue weighted by atomic mass is 9.83. The summed E-state index contributed by atoms with van der Waals surface area (Å²) in [7, 11) is 3.07. The van der Waals surface area contributed by atoms with Crippen molar-refractivity contribution >= 4 is 23.4 Å². The molecule has 27 heavy (non-hydrogen) atoms. The van der Waals surface area contributed by atoms with Gasteiger partial charge in [0.15, 0.2) is 5.78 Å². The van der Waals surface area contributed by atoms with Gasteiger partial charge in [-0.1, -0.05) is 18.2 Å². The number of nitrogens with one attached hydrogen (secondary N) is 2. The Bertz CT molecular complexity index is 895. The number of amides is 2. The van der Waals surface area contributed by atoms with Gasteiger partial charge in [-0.3, -0.25) is 4.79 Å². The number of urea groups is 1. The highest BCUT2D eigenvalue weighted by Crippen LogP contribution is 2.38. The molecule has 6 nitrogen and oxygen atoms in total. The second-order valence-corrected chi connectivity index (χ2v) is 6.49. The molecule has 3 rings (SSSR count). The van der Waals surface area contributed by atoms with Gasteiger partial charge in [-0.2, -0.15) is 0 Å². The van der Waals surface area contributed by atoms with E-state index in [1.165, 1.54) is 7.11 Å². The zero-order chi connectivity index (χ0) is 19.6. The Morgan fingerprint density at radius 3 is 2.44 bits per heavy atom. The van der Waals surface area contributed by atoms with E-state index in [1.807, 2.05) is 0 Å². The number of hydrogen-bond acceptors (Lipinski definition) is 4. The number of hydrogen-bond donors (Lipinski definition) is 2. The van der Waals surface area contributed by atoms with Crippen molar-refractivity contribution in [3.63, 3.8) is 0 Å². The third-order valence-electron chi connectivity index (χ3n) is 4.45. The van der Waals surface area contributed by atoms with Crippen LogP contribution in [-0.4, -0.2) is 26.0 Å². The maximum Gasteiger partial charge on any atom is 0.319 e. The molecule has 0 radical (unpaired) electrons. The molecule has 0 spiro atoms. The van der Waals surface area contributed by atoms with Crippen molar-refractivity contribution in [1.29, 1.82) is 0 Å². The minimum atomic E-state index is -0.732. The fraction of sp³-hybridized carbons (Fsp3) is 0.200. The van der Waals surface area contributed by atoms with Gasteiger partial charge in [0.25, 0.3) is 0 Å². The Morgan fingerprint density at radius 2 is 1.81 bits per heavy atom. The standard InChI is InChI=1S/C20H19ClN2O4/c1-11-17(19(24)12-4-6-13(21)7-5-12)18(23-20(25)22-11)15-10-14(26-2)8-9-16(15)27-3/h4-10,17-18H,1H2,2-3H3,(H2,22,23,25)/t17-,18+/m0/s1. The van der Waals surface area contributed by atoms with Crippen molar-refractivity contribution in [2.75, 3.05) is 14.2 Å². The first-order valence-corrected chi connectivity index (χ1v) is 8.60. The van der Waals surface area contributed by atoms with Crippen LogP contribution in [-0.2, 0) is 0 Å². The number of Topliss-reactive ketones (excluding diaryl/α,β-unsaturated/α-hetero) is 1. The first kappa shape index (κ1) is 18.8. The van der Waals surface area contributed by atoms with Crippen LogP contribution < -0.4 is 20.1 Å². The smallest absolute Gasteiger partial charge is 0.319 e. The largest absolute Gasteiger partial charge is 0.497 e. The maximum atomic E-state index is 13.2. The van der Waals surface area contributed by atoms with Gasteiger partial charge in [0.1, 0.15) is 11.5 Å². The van der Waals surface area contributed by atoms with E-state index in [1.54, 1.807) is 49.6 Å². The highest BCUT2D eigenvalue weighted by atomic mass is 35.5. The van der Waals surface area contributed by atoms with Crippen LogP contribution in [0.4, 0.5) is 4.79 Å². The predicted molar refractivity (Wildman–Crippen MR) is 102 cm³/mol. The van der Waals surface area contributed by atoms with Crippen molar-refractivity contribution in [2.45, 2.75) is 6.04 Å². The Kier molecular flexibility index (Phi) is 5.37. The van der Waals surface area contributed by atoms with E-state index in [4.69, 9.17) is 21.1 Å². The Labute approximate surface area is 162 Å². The molecule has 2 aromatic rings. The van der Waals surface area contributed by atoms with Gasteiger partial charge < -0.3 is 20.1 Å². The van der Waals surface area contributed by atoms with Crippen molar-refractivity contribution in [3.05, 3.63) is 70.9 Å². The van der Waals surface area contributed by atoms with E-state index >= 15 is 0 Å². The average molecular weight is 387 g/mol. The zero-order valence-electron chi connectivity index (χ0n) is 14.9. The van der Waals surface area contributed by atoms with Gasteiger partial charge in [0.2, 0.25) is 0 Å². The molecule has 1 saturated heterocycles. The molecule has 0 unspecified atom stereocenters. The van der Waals surface area contributed by atoms with Crippen LogP contribution in [0.1, 0.15) is 22.0 Å². The predicted octanol–water partition coefficient (Wildman–Crippen LogP) is 3.72. The first-order chi connectivity index (χ1) is 12.9. The van der Waals surface area contributed by atoms with Crippen molar-refractivity contribution in [1.82, 2.24) is 10.6 Å². The fourth-order valence-corrected chi connectivity index (χ4v) is 3.25. The molecule has 0 saturated carbocycles. The summed E-state index contributed by atoms with van der Waals surface area (Å²) >= 11 is 5.92. The van der Waals surface area contributed by atoms with Gasteiger partial charge in [0, 0.05) is 21.8 Å². The quantitative estimate of drug-likeness (QED) is 0.768. The second-order valence-electron chi connectivity index (χ2n) is 6.06. The Hall–Kier alpha value is -2.99. The van der Waals surface area contributed by atoms with Gasteiger partial charge >= 0.3 is 6.03 Å². The third kappa shape index (κ3) is 3.75. The van der Waals surface area contributed by atoms with E-state index < -0.39 is 18.0 Å². The summed E-state index contributed by atoms with van der Waals surface area (Å²) in [6.45, 7) is 3.89. The molecule has 1 fully saturated rings. The van der Waals surface area contributed by atoms with Crippen molar-refractivity contribution in [3.8, 4) is 11.5 Å². The van der Waals surface area contributed by atoms with Crippen LogP contribution in [0, 0.1) is 5.92 Å². The molecule has 7 heteroatoms. The Morgan fingerprint density at radius 1 is 1.11 bits per heavy atom. The zero-order valence-corrected chi connectivity index (χ0v) is 15.7. The highest BCUT2D eigenvalue weighted by Gasteiger charge is 2.39. The number of ketones is 1. The lowest BCUT2D eigenvalue weighted by Crippen LogP contribution is -2.50. The molecule has 0 aliphatic carbocycles. The molecule has 140 valence electrons. The van der Waals surface area contributed by atoms with E-state index in [9.17, 15) is 9.59 Å². The summed E-state index contributed by atoms with van der Waals surface area (Å²) < 4.78 is 10.7. The van der Waals surface area contributed by atoms with Crippen LogP contribution in [0.15, 0.2) is 54.7 Å². The van der Waals surface area contributed by atoms with Crippen LogP contribution in [0.3, 0.4) is 0 Å². The third-order valence-corrected chi connectivity index (χ3v) is 4.70. The Balaban J connectivity index is 2.07. The second kappa shape index (κ2) is 7.72. The molecule has 2 amide bonds. The monoisotopic (exact) mass is 386 g/mol. The highest BCUT2D eigenvalue weighted by molar-refractivity contribution is 6.30. The van der Waals surface area contributed by atoms with Crippen LogP contribution in [0.25, 0.3) is 0 Å². The number of rotatable bonds is 5. The summed E-state index contributed by atoms with van der Waals surface area (Å²) in [5, 5.41) is 5.94. The van der Waals surface area contributed by atoms with E-state index in [2.05, 4.69) is 17.2 Å². The average Bonchev–Trinajstić information content (AvgIpc) is 2.67. The van der Waals surface area contributed by atoms with Crippen molar-refractivity contribution < 1.29 is 19.1 Å². The number of halogens is 1. The topological polar surface area (TPSA) is 76.7 Å². The lowest BCUT2D eigenvalue weighted by molar-refractivity contribution is 0.0904. The van der Waals surface area contributed by atoms with E-state index in [0.29, 0.717) is 33.3 Å². The molecule has 0 aromatic heterocycles. The summed E-state index contributed by atoms with van der Waals surface area (Å²) in [5.41, 5.74) is 1.41. The number of ether oxygens (including phenoxy) is 2. The summed E-state index contributed by atoms with van der Waals surface area (Å²) in [6.07, 6.45) is 0. The van der Waals surface area contributed by atoms with Gasteiger partial charge in [-0.25, -0.2) is 4.79 Å². The van der Waals surface area contributed by atoms with Gasteiger partial charge in [-0.15, -0.1) is 0 Å². The minimum Gasteiger partial charge on any atom is -0.497 e. The summed E-state index contributed by atoms with van der Waals surface area (Å²) in [5.74, 6) is 0.190. The first-order valence-electron chi connectivity index (χ1n) is 8.22. The van der Waals surface area contributed by atoms with Crippen LogP contribution in [0.5, 0.6) is 11.5 Å². The molecule has 2 atom stereocenters. The van der Waals surface area contributed by atoms with Crippen LogP contribution in [0.2, 0.25) is 5.02 Å². The summed E-state index contributed by atoms with van der Waals surface area (Å²) in [4.78, 5) is 25.3. The minimum absolute atomic E-state index is 0.195. The molecular weight excluding hydrogens is 368 g/mol. The SMILES string of the molecule is C=C1NC(=O)N[C@H](c2cc(OC)ccc2OC)[C@H]1C(=O)c1ccc(Cl)cc1. The maximum absolute atomic E-state index is 13.2. The molecule has 1 aliphatic rings. The molecule has 0 bridgehead atoms. The molecule has 1 aliphatic heterocycles. The fourth-order valence-electron chi connectivity index (χ4n) is 3.13. The van der Waals surface area contributed by atoms with Gasteiger partial charge in [-0.05, 0) is 42.5 Å². The number of methoxy groups -OCH3 is 2. The van der Waals surface area contributed by atoms with E-state index in [-0.39, 0.29) is 5.78 Å². The molecule has 2 aromatic carbocycles. The summed E-state index contributed by atoms with van der Waals surface area (Å²) in [6, 6.07) is 10.7. The number of carbonyl (C=O) groups is 2.